The number of hydrogen-bond acceptors (Lipinski definition) is 3. The van der Waals surface area contributed by atoms with Gasteiger partial charge in [-0.3, -0.25) is 0 Å². The molecular formula is C15H30N2O. The van der Waals surface area contributed by atoms with E-state index in [4.69, 9.17) is 4.74 Å². The zero-order valence-electron chi connectivity index (χ0n) is 12.8. The Bertz CT molecular complexity index is 283. The van der Waals surface area contributed by atoms with Crippen molar-refractivity contribution in [2.24, 2.45) is 16.2 Å². The molecule has 2 aliphatic rings. The third-order valence-electron chi connectivity index (χ3n) is 5.26. The van der Waals surface area contributed by atoms with Crippen molar-refractivity contribution in [3.8, 4) is 0 Å². The first-order chi connectivity index (χ1) is 8.29. The summed E-state index contributed by atoms with van der Waals surface area (Å²) in [5.41, 5.74) is 0.939. The van der Waals surface area contributed by atoms with Crippen LogP contribution >= 0.6 is 0 Å². The van der Waals surface area contributed by atoms with E-state index in [1.54, 1.807) is 0 Å². The molecule has 2 fully saturated rings. The van der Waals surface area contributed by atoms with E-state index in [0.717, 1.165) is 26.3 Å². The Morgan fingerprint density at radius 1 is 1.06 bits per heavy atom. The number of hydrogen-bond donors (Lipinski definition) is 1. The molecule has 0 spiro atoms. The molecule has 0 saturated carbocycles. The van der Waals surface area contributed by atoms with Crippen LogP contribution in [0.3, 0.4) is 0 Å². The quantitative estimate of drug-likeness (QED) is 0.833. The van der Waals surface area contributed by atoms with Gasteiger partial charge in [0.1, 0.15) is 0 Å². The van der Waals surface area contributed by atoms with Gasteiger partial charge in [0.25, 0.3) is 0 Å². The summed E-state index contributed by atoms with van der Waals surface area (Å²) >= 11 is 0. The van der Waals surface area contributed by atoms with Crippen molar-refractivity contribution in [3.63, 3.8) is 0 Å². The van der Waals surface area contributed by atoms with Crippen LogP contribution in [0.4, 0.5) is 0 Å². The molecule has 0 unspecified atom stereocenters. The van der Waals surface area contributed by atoms with Crippen LogP contribution in [0.25, 0.3) is 0 Å². The van der Waals surface area contributed by atoms with Gasteiger partial charge in [-0.05, 0) is 10.8 Å². The summed E-state index contributed by atoms with van der Waals surface area (Å²) in [5, 5.41) is 3.43. The average molecular weight is 254 g/mol. The molecular weight excluding hydrogens is 224 g/mol. The van der Waals surface area contributed by atoms with Gasteiger partial charge in [0.2, 0.25) is 0 Å². The lowest BCUT2D eigenvalue weighted by molar-refractivity contribution is -0.233. The molecule has 0 atom stereocenters. The van der Waals surface area contributed by atoms with Gasteiger partial charge in [-0.2, -0.15) is 0 Å². The fraction of sp³-hybridized carbons (Fsp3) is 1.00. The fourth-order valence-electron chi connectivity index (χ4n) is 3.72. The summed E-state index contributed by atoms with van der Waals surface area (Å²) in [7, 11) is 0. The maximum atomic E-state index is 5.61. The predicted octanol–water partition coefficient (Wildman–Crippen LogP) is 1.98. The zero-order chi connectivity index (χ0) is 13.4. The molecule has 0 aromatic heterocycles. The zero-order valence-corrected chi connectivity index (χ0v) is 12.8. The second-order valence-corrected chi connectivity index (χ2v) is 7.73. The molecule has 1 N–H and O–H groups in total. The molecule has 2 rings (SSSR count). The van der Waals surface area contributed by atoms with Gasteiger partial charge in [-0.25, -0.2) is 0 Å². The molecule has 2 aliphatic heterocycles. The Labute approximate surface area is 112 Å². The average Bonchev–Trinajstić information content (AvgIpc) is 2.12. The Balaban J connectivity index is 2.08. The van der Waals surface area contributed by atoms with Crippen molar-refractivity contribution in [3.05, 3.63) is 0 Å². The van der Waals surface area contributed by atoms with Gasteiger partial charge in [-0.15, -0.1) is 0 Å². The van der Waals surface area contributed by atoms with E-state index >= 15 is 0 Å². The van der Waals surface area contributed by atoms with Gasteiger partial charge in [0, 0.05) is 38.1 Å². The normalized spacial score (nSPS) is 25.8. The molecule has 3 nitrogen and oxygen atoms in total. The van der Waals surface area contributed by atoms with Crippen molar-refractivity contribution >= 4 is 0 Å². The molecule has 0 amide bonds. The highest BCUT2D eigenvalue weighted by atomic mass is 16.5. The van der Waals surface area contributed by atoms with Gasteiger partial charge in [-0.1, -0.05) is 34.6 Å². The predicted molar refractivity (Wildman–Crippen MR) is 75.8 cm³/mol. The summed E-state index contributed by atoms with van der Waals surface area (Å²) < 4.78 is 5.61. The lowest BCUT2D eigenvalue weighted by atomic mass is 9.52. The molecule has 0 bridgehead atoms. The van der Waals surface area contributed by atoms with Crippen molar-refractivity contribution in [1.29, 1.82) is 0 Å². The maximum Gasteiger partial charge on any atom is 0.0555 e. The molecule has 0 radical (unpaired) electrons. The van der Waals surface area contributed by atoms with Crippen molar-refractivity contribution in [2.45, 2.75) is 34.6 Å². The third kappa shape index (κ3) is 2.33. The second kappa shape index (κ2) is 4.77. The van der Waals surface area contributed by atoms with E-state index in [9.17, 15) is 0 Å². The van der Waals surface area contributed by atoms with Gasteiger partial charge in [0.05, 0.1) is 13.2 Å². The Morgan fingerprint density at radius 2 is 1.61 bits per heavy atom. The van der Waals surface area contributed by atoms with Crippen LogP contribution in [0.2, 0.25) is 0 Å². The summed E-state index contributed by atoms with van der Waals surface area (Å²) in [4.78, 5) is 2.61. The Morgan fingerprint density at radius 3 is 2.00 bits per heavy atom. The second-order valence-electron chi connectivity index (χ2n) is 7.73. The minimum absolute atomic E-state index is 0.306. The van der Waals surface area contributed by atoms with Crippen molar-refractivity contribution in [1.82, 2.24) is 10.2 Å². The van der Waals surface area contributed by atoms with Crippen LogP contribution in [0.1, 0.15) is 34.6 Å². The molecule has 106 valence electrons. The highest BCUT2D eigenvalue weighted by Gasteiger charge is 2.57. The summed E-state index contributed by atoms with van der Waals surface area (Å²) in [6.07, 6.45) is 0. The molecule has 2 heterocycles. The van der Waals surface area contributed by atoms with Crippen molar-refractivity contribution < 1.29 is 4.74 Å². The van der Waals surface area contributed by atoms with E-state index < -0.39 is 0 Å². The van der Waals surface area contributed by atoms with E-state index in [0.29, 0.717) is 16.2 Å². The van der Waals surface area contributed by atoms with Gasteiger partial charge in [0.15, 0.2) is 0 Å². The van der Waals surface area contributed by atoms with Crippen LogP contribution in [-0.4, -0.2) is 50.8 Å². The number of nitrogens with one attached hydrogen (secondary N) is 1. The van der Waals surface area contributed by atoms with Crippen LogP contribution in [0, 0.1) is 16.2 Å². The van der Waals surface area contributed by atoms with Crippen LogP contribution < -0.4 is 5.32 Å². The van der Waals surface area contributed by atoms with Crippen LogP contribution in [0.5, 0.6) is 0 Å². The Hall–Kier alpha value is -0.120. The fourth-order valence-corrected chi connectivity index (χ4v) is 3.72. The van der Waals surface area contributed by atoms with E-state index in [-0.39, 0.29) is 0 Å². The molecule has 18 heavy (non-hydrogen) atoms. The highest BCUT2D eigenvalue weighted by Crippen LogP contribution is 2.56. The largest absolute Gasteiger partial charge is 0.380 e. The topological polar surface area (TPSA) is 24.5 Å². The lowest BCUT2D eigenvalue weighted by Crippen LogP contribution is -2.63. The summed E-state index contributed by atoms with van der Waals surface area (Å²) in [6, 6.07) is 0. The minimum atomic E-state index is 0.306. The van der Waals surface area contributed by atoms with Crippen LogP contribution in [-0.2, 0) is 4.74 Å². The van der Waals surface area contributed by atoms with Crippen molar-refractivity contribution in [2.75, 3.05) is 45.9 Å². The van der Waals surface area contributed by atoms with Gasteiger partial charge >= 0.3 is 0 Å². The monoisotopic (exact) mass is 254 g/mol. The minimum Gasteiger partial charge on any atom is -0.380 e. The molecule has 0 aromatic carbocycles. The highest BCUT2D eigenvalue weighted by molar-refractivity contribution is 5.05. The molecule has 0 aliphatic carbocycles. The number of rotatable bonds is 3. The molecule has 2 saturated heterocycles. The number of nitrogens with zero attached hydrogens (tertiary/aromatic N) is 1. The van der Waals surface area contributed by atoms with Gasteiger partial charge < -0.3 is 15.0 Å². The van der Waals surface area contributed by atoms with E-state index in [1.807, 2.05) is 0 Å². The maximum absolute atomic E-state index is 5.61. The van der Waals surface area contributed by atoms with Crippen LogP contribution in [0.15, 0.2) is 0 Å². The standard InChI is InChI=1S/C15H30N2O/c1-13(2,3)15(11-18-12-15)14(4,5)10-17-8-6-16-7-9-17/h16H,6-12H2,1-5H3. The SMILES string of the molecule is CC(C)(C)C1(C(C)(C)CN2CCNCC2)COC1. The Kier molecular flexibility index (Phi) is 3.79. The first kappa shape index (κ1) is 14.3. The first-order valence-corrected chi connectivity index (χ1v) is 7.29. The smallest absolute Gasteiger partial charge is 0.0555 e. The van der Waals surface area contributed by atoms with E-state index in [1.165, 1.54) is 19.6 Å². The first-order valence-electron chi connectivity index (χ1n) is 7.29. The third-order valence-corrected chi connectivity index (χ3v) is 5.26. The summed E-state index contributed by atoms with van der Waals surface area (Å²) in [5.74, 6) is 0. The molecule has 3 heteroatoms. The number of piperazine rings is 1. The lowest BCUT2D eigenvalue weighted by Gasteiger charge is -2.60. The number of ether oxygens (including phenoxy) is 1. The molecule has 0 aromatic rings. The van der Waals surface area contributed by atoms with E-state index in [2.05, 4.69) is 44.8 Å². The summed E-state index contributed by atoms with van der Waals surface area (Å²) in [6.45, 7) is 19.7.